The number of sulfonamides is 1. The van der Waals surface area contributed by atoms with Crippen molar-refractivity contribution in [3.63, 3.8) is 0 Å². The summed E-state index contributed by atoms with van der Waals surface area (Å²) < 4.78 is 27.3. The van der Waals surface area contributed by atoms with E-state index in [1.807, 2.05) is 36.4 Å². The van der Waals surface area contributed by atoms with Gasteiger partial charge in [0.05, 0.1) is 21.0 Å². The SMILES string of the molecule is CC(=O)c1sc(NC(=O)C2CCN(S(=O)(=O)c3ccccc3C#N)CC2)nc1-c1ccccc1. The first-order valence-corrected chi connectivity index (χ1v) is 12.9. The minimum absolute atomic E-state index is 0.0200. The molecule has 0 bridgehead atoms. The van der Waals surface area contributed by atoms with Crippen LogP contribution in [0.25, 0.3) is 11.3 Å². The number of nitrogens with zero attached hydrogens (tertiary/aromatic N) is 3. The summed E-state index contributed by atoms with van der Waals surface area (Å²) in [5.74, 6) is -0.770. The molecule has 1 aliphatic heterocycles. The molecular formula is C24H22N4O4S2. The molecule has 1 N–H and O–H groups in total. The standard InChI is InChI=1S/C24H22N4O4S2/c1-16(29)22-21(17-7-3-2-4-8-17)26-24(33-22)27-23(30)18-11-13-28(14-12-18)34(31,32)20-10-6-5-9-19(20)15-25/h2-10,18H,11-14H2,1H3,(H,26,27,30). The first-order chi connectivity index (χ1) is 16.3. The zero-order chi connectivity index (χ0) is 24.3. The molecule has 8 nitrogen and oxygen atoms in total. The number of carbonyl (C=O) groups is 2. The first kappa shape index (κ1) is 23.8. The number of rotatable bonds is 6. The number of anilines is 1. The molecule has 3 aromatic rings. The number of carbonyl (C=O) groups excluding carboxylic acids is 2. The molecule has 0 radical (unpaired) electrons. The lowest BCUT2D eigenvalue weighted by atomic mass is 9.97. The molecule has 1 fully saturated rings. The van der Waals surface area contributed by atoms with Crippen molar-refractivity contribution < 1.29 is 18.0 Å². The van der Waals surface area contributed by atoms with Crippen molar-refractivity contribution in [2.24, 2.45) is 5.92 Å². The zero-order valence-corrected chi connectivity index (χ0v) is 20.0. The first-order valence-electron chi connectivity index (χ1n) is 10.7. The highest BCUT2D eigenvalue weighted by atomic mass is 32.2. The second-order valence-corrected chi connectivity index (χ2v) is 10.8. The van der Waals surface area contributed by atoms with Crippen molar-refractivity contribution in [3.05, 3.63) is 65.0 Å². The monoisotopic (exact) mass is 494 g/mol. The molecule has 34 heavy (non-hydrogen) atoms. The summed E-state index contributed by atoms with van der Waals surface area (Å²) in [7, 11) is -3.82. The number of ketones is 1. The highest BCUT2D eigenvalue weighted by molar-refractivity contribution is 7.89. The van der Waals surface area contributed by atoms with E-state index in [1.54, 1.807) is 12.1 Å². The third kappa shape index (κ3) is 4.77. The molecule has 0 aliphatic carbocycles. The number of hydrogen-bond donors (Lipinski definition) is 1. The Labute approximate surface area is 201 Å². The number of piperidine rings is 1. The molecule has 0 atom stereocenters. The molecule has 174 valence electrons. The van der Waals surface area contributed by atoms with Gasteiger partial charge in [-0.25, -0.2) is 13.4 Å². The van der Waals surface area contributed by atoms with Gasteiger partial charge in [0, 0.05) is 31.5 Å². The van der Waals surface area contributed by atoms with Crippen molar-refractivity contribution in [1.29, 1.82) is 5.26 Å². The van der Waals surface area contributed by atoms with Gasteiger partial charge in [0.15, 0.2) is 10.9 Å². The lowest BCUT2D eigenvalue weighted by molar-refractivity contribution is -0.120. The zero-order valence-electron chi connectivity index (χ0n) is 18.4. The molecule has 1 aromatic heterocycles. The van der Waals surface area contributed by atoms with E-state index in [0.29, 0.717) is 28.5 Å². The van der Waals surface area contributed by atoms with E-state index in [-0.39, 0.29) is 41.2 Å². The van der Waals surface area contributed by atoms with Gasteiger partial charge in [-0.15, -0.1) is 0 Å². The maximum absolute atomic E-state index is 13.0. The van der Waals surface area contributed by atoms with E-state index in [0.717, 1.165) is 16.9 Å². The van der Waals surface area contributed by atoms with Crippen molar-refractivity contribution in [2.75, 3.05) is 18.4 Å². The van der Waals surface area contributed by atoms with Crippen LogP contribution in [0.1, 0.15) is 35.0 Å². The lowest BCUT2D eigenvalue weighted by Gasteiger charge is -2.30. The molecule has 10 heteroatoms. The number of hydrogen-bond acceptors (Lipinski definition) is 7. The average Bonchev–Trinajstić information content (AvgIpc) is 3.28. The molecule has 2 aromatic carbocycles. The number of benzene rings is 2. The van der Waals surface area contributed by atoms with E-state index in [4.69, 9.17) is 0 Å². The summed E-state index contributed by atoms with van der Waals surface area (Å²) in [5, 5.41) is 12.4. The molecule has 1 amide bonds. The Balaban J connectivity index is 1.45. The number of amides is 1. The molecule has 0 saturated carbocycles. The minimum Gasteiger partial charge on any atom is -0.302 e. The van der Waals surface area contributed by atoms with Crippen molar-refractivity contribution in [1.82, 2.24) is 9.29 Å². The van der Waals surface area contributed by atoms with Crippen LogP contribution in [0.15, 0.2) is 59.5 Å². The fraction of sp³-hybridized carbons (Fsp3) is 0.250. The predicted octanol–water partition coefficient (Wildman–Crippen LogP) is 3.92. The van der Waals surface area contributed by atoms with Crippen LogP contribution < -0.4 is 5.32 Å². The third-order valence-corrected chi connectivity index (χ3v) is 8.70. The van der Waals surface area contributed by atoms with Gasteiger partial charge in [-0.2, -0.15) is 9.57 Å². The van der Waals surface area contributed by atoms with Crippen LogP contribution in [0.5, 0.6) is 0 Å². The van der Waals surface area contributed by atoms with Crippen LogP contribution >= 0.6 is 11.3 Å². The van der Waals surface area contributed by atoms with Crippen LogP contribution in [-0.2, 0) is 14.8 Å². The van der Waals surface area contributed by atoms with Crippen molar-refractivity contribution in [3.8, 4) is 17.3 Å². The molecule has 0 unspecified atom stereocenters. The number of nitriles is 1. The second kappa shape index (κ2) is 9.85. The quantitative estimate of drug-likeness (QED) is 0.519. The lowest BCUT2D eigenvalue weighted by Crippen LogP contribution is -2.41. The normalized spacial score (nSPS) is 14.9. The number of thiazole rings is 1. The van der Waals surface area contributed by atoms with Gasteiger partial charge < -0.3 is 5.32 Å². The Morgan fingerprint density at radius 1 is 1.09 bits per heavy atom. The van der Waals surface area contributed by atoms with E-state index in [9.17, 15) is 23.3 Å². The maximum Gasteiger partial charge on any atom is 0.244 e. The topological polar surface area (TPSA) is 120 Å². The van der Waals surface area contributed by atoms with Crippen LogP contribution in [-0.4, -0.2) is 42.5 Å². The summed E-state index contributed by atoms with van der Waals surface area (Å²) in [5.41, 5.74) is 1.42. The van der Waals surface area contributed by atoms with E-state index < -0.39 is 10.0 Å². The average molecular weight is 495 g/mol. The van der Waals surface area contributed by atoms with E-state index >= 15 is 0 Å². The third-order valence-electron chi connectivity index (χ3n) is 5.67. The highest BCUT2D eigenvalue weighted by Crippen LogP contribution is 2.32. The largest absolute Gasteiger partial charge is 0.302 e. The fourth-order valence-electron chi connectivity index (χ4n) is 3.89. The van der Waals surface area contributed by atoms with Crippen molar-refractivity contribution in [2.45, 2.75) is 24.7 Å². The van der Waals surface area contributed by atoms with Crippen LogP contribution in [0.4, 0.5) is 5.13 Å². The highest BCUT2D eigenvalue weighted by Gasteiger charge is 2.33. The Hall–Kier alpha value is -3.39. The van der Waals surface area contributed by atoms with Gasteiger partial charge in [0.2, 0.25) is 15.9 Å². The number of Topliss-reactive ketones (excluding diaryl/α,β-unsaturated/α-hetero) is 1. The Morgan fingerprint density at radius 2 is 1.74 bits per heavy atom. The molecule has 0 spiro atoms. The molecule has 1 saturated heterocycles. The smallest absolute Gasteiger partial charge is 0.244 e. The number of aromatic nitrogens is 1. The molecule has 4 rings (SSSR count). The van der Waals surface area contributed by atoms with Gasteiger partial charge >= 0.3 is 0 Å². The Kier molecular flexibility index (Phi) is 6.88. The van der Waals surface area contributed by atoms with Gasteiger partial charge in [-0.3, -0.25) is 9.59 Å². The molecule has 2 heterocycles. The van der Waals surface area contributed by atoms with Crippen LogP contribution in [0.3, 0.4) is 0 Å². The summed E-state index contributed by atoms with van der Waals surface area (Å²) in [6, 6.07) is 17.3. The van der Waals surface area contributed by atoms with Crippen molar-refractivity contribution >= 4 is 38.2 Å². The van der Waals surface area contributed by atoms with E-state index in [2.05, 4.69) is 10.3 Å². The fourth-order valence-corrected chi connectivity index (χ4v) is 6.39. The summed E-state index contributed by atoms with van der Waals surface area (Å²) in [6.07, 6.45) is 0.687. The predicted molar refractivity (Wildman–Crippen MR) is 129 cm³/mol. The van der Waals surface area contributed by atoms with E-state index in [1.165, 1.54) is 23.4 Å². The summed E-state index contributed by atoms with van der Waals surface area (Å²) >= 11 is 1.13. The second-order valence-electron chi connectivity index (χ2n) is 7.89. The van der Waals surface area contributed by atoms with Gasteiger partial charge in [0.1, 0.15) is 6.07 Å². The van der Waals surface area contributed by atoms with Crippen LogP contribution in [0.2, 0.25) is 0 Å². The summed E-state index contributed by atoms with van der Waals surface area (Å²) in [6.45, 7) is 1.81. The van der Waals surface area contributed by atoms with Gasteiger partial charge in [-0.1, -0.05) is 53.8 Å². The number of nitrogens with one attached hydrogen (secondary N) is 1. The summed E-state index contributed by atoms with van der Waals surface area (Å²) in [4.78, 5) is 29.9. The Morgan fingerprint density at radius 3 is 2.38 bits per heavy atom. The molecular weight excluding hydrogens is 472 g/mol. The van der Waals surface area contributed by atoms with Gasteiger partial charge in [0.25, 0.3) is 0 Å². The minimum atomic E-state index is -3.82. The molecule has 1 aliphatic rings. The Bertz CT molecular complexity index is 1370. The van der Waals surface area contributed by atoms with Crippen LogP contribution in [0, 0.1) is 17.2 Å². The maximum atomic E-state index is 13.0. The van der Waals surface area contributed by atoms with Gasteiger partial charge in [-0.05, 0) is 25.0 Å².